The first-order valence-electron chi connectivity index (χ1n) is 11.0. The predicted octanol–water partition coefficient (Wildman–Crippen LogP) is 5.32. The Morgan fingerprint density at radius 2 is 2.06 bits per heavy atom. The number of carbonyl (C=O) groups is 1. The van der Waals surface area contributed by atoms with Crippen molar-refractivity contribution in [2.24, 2.45) is 10.2 Å². The molecule has 2 atom stereocenters. The third kappa shape index (κ3) is 6.53. The molecule has 0 aliphatic carbocycles. The summed E-state index contributed by atoms with van der Waals surface area (Å²) >= 11 is 1.31. The van der Waals surface area contributed by atoms with E-state index in [0.717, 1.165) is 35.9 Å². The van der Waals surface area contributed by atoms with Gasteiger partial charge in [-0.15, -0.1) is 11.3 Å². The van der Waals surface area contributed by atoms with Crippen LogP contribution in [0.2, 0.25) is 0 Å². The van der Waals surface area contributed by atoms with E-state index in [4.69, 9.17) is 9.47 Å². The van der Waals surface area contributed by atoms with Gasteiger partial charge in [0.2, 0.25) is 0 Å². The minimum atomic E-state index is -4.65. The Bertz CT molecular complexity index is 1100. The number of nitrogens with zero attached hydrogens (tertiary/aromatic N) is 3. The summed E-state index contributed by atoms with van der Waals surface area (Å²) in [6.07, 6.45) is -0.907. The molecule has 2 aromatic rings. The fourth-order valence-electron chi connectivity index (χ4n) is 3.34. The van der Waals surface area contributed by atoms with Crippen LogP contribution in [0, 0.1) is 4.91 Å². The van der Waals surface area contributed by atoms with Crippen molar-refractivity contribution < 1.29 is 27.4 Å². The fraction of sp³-hybridized carbons (Fsp3) is 0.565. The van der Waals surface area contributed by atoms with Gasteiger partial charge in [-0.3, -0.25) is 4.79 Å². The minimum Gasteiger partial charge on any atom is -0.490 e. The summed E-state index contributed by atoms with van der Waals surface area (Å²) in [4.78, 5) is 29.3. The van der Waals surface area contributed by atoms with Crippen LogP contribution in [-0.2, 0) is 22.9 Å². The molecule has 3 rings (SSSR count). The van der Waals surface area contributed by atoms with E-state index < -0.39 is 23.7 Å². The van der Waals surface area contributed by atoms with E-state index in [1.807, 2.05) is 31.5 Å². The highest BCUT2D eigenvalue weighted by molar-refractivity contribution is 7.09. The number of thiazole rings is 1. The molecule has 7 nitrogen and oxygen atoms in total. The van der Waals surface area contributed by atoms with Crippen molar-refractivity contribution in [3.63, 3.8) is 0 Å². The van der Waals surface area contributed by atoms with Gasteiger partial charge in [0.05, 0.1) is 23.8 Å². The molecule has 0 bridgehead atoms. The smallest absolute Gasteiger partial charge is 0.416 e. The van der Waals surface area contributed by atoms with Crippen molar-refractivity contribution in [3.8, 4) is 5.75 Å². The lowest BCUT2D eigenvalue weighted by Crippen LogP contribution is -2.23. The number of ether oxygens (including phenoxy) is 2. The predicted molar refractivity (Wildman–Crippen MR) is 122 cm³/mol. The normalized spacial score (nSPS) is 18.2. The van der Waals surface area contributed by atoms with Gasteiger partial charge < -0.3 is 14.0 Å². The van der Waals surface area contributed by atoms with Crippen molar-refractivity contribution in [1.29, 1.82) is 0 Å². The van der Waals surface area contributed by atoms with Crippen LogP contribution in [0.4, 0.5) is 13.2 Å². The molecule has 34 heavy (non-hydrogen) atoms. The number of alkyl halides is 3. The second kappa shape index (κ2) is 10.4. The lowest BCUT2D eigenvalue weighted by Gasteiger charge is -2.15. The van der Waals surface area contributed by atoms with Crippen molar-refractivity contribution in [2.75, 3.05) is 13.2 Å². The zero-order valence-corrected chi connectivity index (χ0v) is 20.3. The molecule has 0 saturated carbocycles. The van der Waals surface area contributed by atoms with E-state index in [2.05, 4.69) is 10.2 Å². The number of rotatable bonds is 7. The molecule has 1 fully saturated rings. The summed E-state index contributed by atoms with van der Waals surface area (Å²) in [5.74, 6) is -0.952. The van der Waals surface area contributed by atoms with E-state index in [0.29, 0.717) is 18.0 Å². The lowest BCUT2D eigenvalue weighted by molar-refractivity contribution is -0.137. The molecule has 11 heteroatoms. The summed E-state index contributed by atoms with van der Waals surface area (Å²) < 4.78 is 53.0. The molecule has 0 radical (unpaired) electrons. The molecular formula is C23H28F3N3O4S. The van der Waals surface area contributed by atoms with Crippen LogP contribution in [0.1, 0.15) is 61.3 Å². The molecular weight excluding hydrogens is 471 g/mol. The van der Waals surface area contributed by atoms with Gasteiger partial charge >= 0.3 is 6.18 Å². The molecule has 1 unspecified atom stereocenters. The summed E-state index contributed by atoms with van der Waals surface area (Å²) in [6, 6.07) is 1.88. The summed E-state index contributed by atoms with van der Waals surface area (Å²) in [7, 11) is 0. The molecule has 1 aliphatic rings. The molecule has 0 spiro atoms. The van der Waals surface area contributed by atoms with Gasteiger partial charge in [-0.1, -0.05) is 25.9 Å². The first-order valence-corrected chi connectivity index (χ1v) is 11.8. The van der Waals surface area contributed by atoms with Gasteiger partial charge in [0.25, 0.3) is 5.91 Å². The highest BCUT2D eigenvalue weighted by atomic mass is 32.1. The quantitative estimate of drug-likeness (QED) is 0.483. The van der Waals surface area contributed by atoms with Gasteiger partial charge in [0.15, 0.2) is 4.80 Å². The van der Waals surface area contributed by atoms with Gasteiger partial charge in [0.1, 0.15) is 18.4 Å². The summed E-state index contributed by atoms with van der Waals surface area (Å²) in [5.41, 5.74) is -1.53. The maximum atomic E-state index is 13.3. The second-order valence-electron chi connectivity index (χ2n) is 9.31. The van der Waals surface area contributed by atoms with Gasteiger partial charge in [-0.2, -0.15) is 23.1 Å². The Kier molecular flexibility index (Phi) is 7.97. The van der Waals surface area contributed by atoms with Crippen LogP contribution in [-0.4, -0.2) is 35.8 Å². The first kappa shape index (κ1) is 26.1. The number of hydrogen-bond acceptors (Lipinski definition) is 6. The van der Waals surface area contributed by atoms with E-state index >= 15 is 0 Å². The maximum Gasteiger partial charge on any atom is 0.416 e. The van der Waals surface area contributed by atoms with Crippen LogP contribution < -0.4 is 9.54 Å². The van der Waals surface area contributed by atoms with E-state index in [-0.39, 0.29) is 29.4 Å². The highest BCUT2D eigenvalue weighted by Gasteiger charge is 2.32. The Balaban J connectivity index is 2.04. The standard InChI is InChI=1S/C23H28F3N3O4S/c1-14(28-31)13-33-18-8-7-15(23(24,25)26)10-17(18)20(30)27-21-29(11-16-6-5-9-32-16)12-19(34-21)22(2,3)4/h7-8,10,12,14,16H,5-6,9,11,13H2,1-4H3/t14?,16-/m1/s1. The number of halogens is 3. The van der Waals surface area contributed by atoms with Crippen LogP contribution in [0.3, 0.4) is 0 Å². The van der Waals surface area contributed by atoms with Crippen LogP contribution in [0.25, 0.3) is 0 Å². The van der Waals surface area contributed by atoms with Crippen LogP contribution in [0.15, 0.2) is 34.6 Å². The fourth-order valence-corrected chi connectivity index (χ4v) is 4.40. The van der Waals surface area contributed by atoms with Crippen molar-refractivity contribution in [3.05, 3.63) is 50.1 Å². The Hall–Kier alpha value is -2.53. The molecule has 1 aromatic heterocycles. The molecule has 1 amide bonds. The SMILES string of the molecule is CC(COc1ccc(C(F)(F)F)cc1C(=O)N=c1sc(C(C)(C)C)cn1C[C@H]1CCCO1)N=O. The monoisotopic (exact) mass is 499 g/mol. The number of carbonyl (C=O) groups excluding carboxylic acids is 1. The third-order valence-corrected chi connectivity index (χ3v) is 6.72. The van der Waals surface area contributed by atoms with Crippen LogP contribution in [0.5, 0.6) is 5.75 Å². The van der Waals surface area contributed by atoms with Crippen LogP contribution >= 0.6 is 11.3 Å². The number of amides is 1. The molecule has 2 heterocycles. The number of benzene rings is 1. The average Bonchev–Trinajstić information content (AvgIpc) is 3.41. The summed E-state index contributed by atoms with van der Waals surface area (Å²) in [5, 5.41) is 2.81. The molecule has 1 aromatic carbocycles. The molecule has 186 valence electrons. The summed E-state index contributed by atoms with van der Waals surface area (Å²) in [6.45, 7) is 8.57. The molecule has 0 N–H and O–H groups in total. The minimum absolute atomic E-state index is 0.0127. The van der Waals surface area contributed by atoms with Crippen molar-refractivity contribution >= 4 is 17.2 Å². The van der Waals surface area contributed by atoms with E-state index in [1.54, 1.807) is 0 Å². The zero-order valence-electron chi connectivity index (χ0n) is 19.5. The number of hydrogen-bond donors (Lipinski definition) is 0. The first-order chi connectivity index (χ1) is 15.9. The van der Waals surface area contributed by atoms with Crippen molar-refractivity contribution in [2.45, 2.75) is 70.8 Å². The Morgan fingerprint density at radius 1 is 1.32 bits per heavy atom. The Morgan fingerprint density at radius 3 is 2.65 bits per heavy atom. The van der Waals surface area contributed by atoms with E-state index in [9.17, 15) is 22.9 Å². The molecule has 1 aliphatic heterocycles. The van der Waals surface area contributed by atoms with Gasteiger partial charge in [-0.05, 0) is 43.4 Å². The lowest BCUT2D eigenvalue weighted by atomic mass is 9.95. The Labute approximate surface area is 199 Å². The maximum absolute atomic E-state index is 13.3. The largest absolute Gasteiger partial charge is 0.490 e. The topological polar surface area (TPSA) is 82.2 Å². The molecule has 1 saturated heterocycles. The highest BCUT2D eigenvalue weighted by Crippen LogP contribution is 2.33. The third-order valence-electron chi connectivity index (χ3n) is 5.28. The van der Waals surface area contributed by atoms with Gasteiger partial charge in [0, 0.05) is 17.7 Å². The van der Waals surface area contributed by atoms with Gasteiger partial charge in [-0.25, -0.2) is 0 Å². The number of aromatic nitrogens is 1. The zero-order chi connectivity index (χ0) is 25.1. The second-order valence-corrected chi connectivity index (χ2v) is 10.3. The number of nitroso groups, excluding NO2 is 1. The van der Waals surface area contributed by atoms with Crippen molar-refractivity contribution in [1.82, 2.24) is 4.57 Å². The average molecular weight is 500 g/mol. The van der Waals surface area contributed by atoms with E-state index in [1.165, 1.54) is 18.3 Å².